The summed E-state index contributed by atoms with van der Waals surface area (Å²) < 4.78 is 5.41. The highest BCUT2D eigenvalue weighted by molar-refractivity contribution is 5.92. The number of benzene rings is 1. The van der Waals surface area contributed by atoms with E-state index >= 15 is 0 Å². The molecule has 3 amide bonds. The summed E-state index contributed by atoms with van der Waals surface area (Å²) in [4.78, 5) is 22.7. The van der Waals surface area contributed by atoms with Crippen molar-refractivity contribution in [2.24, 2.45) is 0 Å². The maximum absolute atomic E-state index is 11.7. The maximum atomic E-state index is 11.7. The van der Waals surface area contributed by atoms with Crippen molar-refractivity contribution in [3.63, 3.8) is 0 Å². The van der Waals surface area contributed by atoms with E-state index in [9.17, 15) is 9.59 Å². The van der Waals surface area contributed by atoms with Gasteiger partial charge in [0, 0.05) is 38.1 Å². The standard InChI is InChI=1S/C16H25N3O3/c1-3-4-10-22-11-6-9-17-16(21)19-15-8-5-7-14(12-15)18-13(2)20/h5,7-8,12H,3-4,6,9-11H2,1-2H3,(H,18,20)(H2,17,19,21). The average molecular weight is 307 g/mol. The second-order valence-electron chi connectivity index (χ2n) is 4.96. The van der Waals surface area contributed by atoms with E-state index in [1.54, 1.807) is 24.3 Å². The number of urea groups is 1. The van der Waals surface area contributed by atoms with E-state index in [1.807, 2.05) is 0 Å². The van der Waals surface area contributed by atoms with E-state index in [0.717, 1.165) is 25.9 Å². The number of carbonyl (C=O) groups excluding carboxylic acids is 2. The van der Waals surface area contributed by atoms with Crippen LogP contribution >= 0.6 is 0 Å². The smallest absolute Gasteiger partial charge is 0.319 e. The number of rotatable bonds is 9. The topological polar surface area (TPSA) is 79.5 Å². The Balaban J connectivity index is 2.23. The van der Waals surface area contributed by atoms with Gasteiger partial charge in [-0.1, -0.05) is 19.4 Å². The first-order valence-corrected chi connectivity index (χ1v) is 7.62. The second-order valence-corrected chi connectivity index (χ2v) is 4.96. The van der Waals surface area contributed by atoms with E-state index < -0.39 is 0 Å². The first kappa shape index (κ1) is 18.0. The monoisotopic (exact) mass is 307 g/mol. The van der Waals surface area contributed by atoms with Crippen molar-refractivity contribution in [3.05, 3.63) is 24.3 Å². The molecule has 0 aromatic heterocycles. The van der Waals surface area contributed by atoms with Crippen LogP contribution in [-0.4, -0.2) is 31.7 Å². The zero-order valence-electron chi connectivity index (χ0n) is 13.3. The molecule has 0 aliphatic carbocycles. The van der Waals surface area contributed by atoms with Crippen LogP contribution in [0.4, 0.5) is 16.2 Å². The Morgan fingerprint density at radius 1 is 1.09 bits per heavy atom. The lowest BCUT2D eigenvalue weighted by Crippen LogP contribution is -2.30. The Morgan fingerprint density at radius 3 is 2.45 bits per heavy atom. The number of anilines is 2. The summed E-state index contributed by atoms with van der Waals surface area (Å²) in [5.41, 5.74) is 1.28. The third-order valence-corrected chi connectivity index (χ3v) is 2.83. The molecule has 1 aromatic rings. The fourth-order valence-corrected chi connectivity index (χ4v) is 1.78. The van der Waals surface area contributed by atoms with Crippen LogP contribution < -0.4 is 16.0 Å². The highest BCUT2D eigenvalue weighted by Gasteiger charge is 2.02. The van der Waals surface area contributed by atoms with Crippen LogP contribution in [-0.2, 0) is 9.53 Å². The minimum Gasteiger partial charge on any atom is -0.381 e. The molecule has 3 N–H and O–H groups in total. The summed E-state index contributed by atoms with van der Waals surface area (Å²) in [6.45, 7) is 5.55. The van der Waals surface area contributed by atoms with Gasteiger partial charge in [0.15, 0.2) is 0 Å². The molecule has 0 saturated heterocycles. The van der Waals surface area contributed by atoms with Gasteiger partial charge in [-0.05, 0) is 31.0 Å². The first-order chi connectivity index (χ1) is 10.6. The number of hydrogen-bond acceptors (Lipinski definition) is 3. The van der Waals surface area contributed by atoms with Crippen LogP contribution in [0, 0.1) is 0 Å². The van der Waals surface area contributed by atoms with Crippen molar-refractivity contribution in [1.82, 2.24) is 5.32 Å². The Labute approximate surface area is 131 Å². The summed E-state index contributed by atoms with van der Waals surface area (Å²) >= 11 is 0. The zero-order chi connectivity index (χ0) is 16.2. The number of hydrogen-bond donors (Lipinski definition) is 3. The van der Waals surface area contributed by atoms with Gasteiger partial charge in [0.05, 0.1) is 0 Å². The number of ether oxygens (including phenoxy) is 1. The lowest BCUT2D eigenvalue weighted by Gasteiger charge is -2.09. The van der Waals surface area contributed by atoms with Crippen molar-refractivity contribution < 1.29 is 14.3 Å². The molecule has 0 bridgehead atoms. The molecule has 0 unspecified atom stereocenters. The summed E-state index contributed by atoms with van der Waals surface area (Å²) in [5.74, 6) is -0.148. The number of nitrogens with one attached hydrogen (secondary N) is 3. The van der Waals surface area contributed by atoms with E-state index in [4.69, 9.17) is 4.74 Å². The van der Waals surface area contributed by atoms with Crippen LogP contribution in [0.25, 0.3) is 0 Å². The molecule has 1 aromatic carbocycles. The molecule has 0 atom stereocenters. The summed E-state index contributed by atoms with van der Waals surface area (Å²) in [6.07, 6.45) is 2.97. The van der Waals surface area contributed by atoms with Crippen LogP contribution in [0.1, 0.15) is 33.1 Å². The molecule has 22 heavy (non-hydrogen) atoms. The van der Waals surface area contributed by atoms with E-state index in [1.165, 1.54) is 6.92 Å². The fourth-order valence-electron chi connectivity index (χ4n) is 1.78. The fraction of sp³-hybridized carbons (Fsp3) is 0.500. The maximum Gasteiger partial charge on any atom is 0.319 e. The van der Waals surface area contributed by atoms with Gasteiger partial charge in [0.25, 0.3) is 0 Å². The van der Waals surface area contributed by atoms with E-state index in [-0.39, 0.29) is 11.9 Å². The molecule has 0 radical (unpaired) electrons. The van der Waals surface area contributed by atoms with Gasteiger partial charge in [-0.25, -0.2) is 4.79 Å². The van der Waals surface area contributed by atoms with Gasteiger partial charge < -0.3 is 20.7 Å². The minimum absolute atomic E-state index is 0.148. The van der Waals surface area contributed by atoms with Gasteiger partial charge in [-0.2, -0.15) is 0 Å². The van der Waals surface area contributed by atoms with Crippen LogP contribution in [0.2, 0.25) is 0 Å². The lowest BCUT2D eigenvalue weighted by molar-refractivity contribution is -0.114. The quantitative estimate of drug-likeness (QED) is 0.614. The summed E-state index contributed by atoms with van der Waals surface area (Å²) in [5, 5.41) is 8.16. The molecule has 6 nitrogen and oxygen atoms in total. The summed E-state index contributed by atoms with van der Waals surface area (Å²) in [7, 11) is 0. The van der Waals surface area contributed by atoms with Crippen molar-refractivity contribution >= 4 is 23.3 Å². The minimum atomic E-state index is -0.270. The molecule has 0 spiro atoms. The summed E-state index contributed by atoms with van der Waals surface area (Å²) in [6, 6.07) is 6.72. The lowest BCUT2D eigenvalue weighted by atomic mass is 10.2. The molecular formula is C16H25N3O3. The van der Waals surface area contributed by atoms with Crippen LogP contribution in [0.3, 0.4) is 0 Å². The molecule has 0 aliphatic rings. The largest absolute Gasteiger partial charge is 0.381 e. The van der Waals surface area contributed by atoms with Gasteiger partial charge >= 0.3 is 6.03 Å². The van der Waals surface area contributed by atoms with Gasteiger partial charge in [0.1, 0.15) is 0 Å². The number of carbonyl (C=O) groups is 2. The molecule has 0 heterocycles. The highest BCUT2D eigenvalue weighted by Crippen LogP contribution is 2.14. The van der Waals surface area contributed by atoms with Crippen LogP contribution in [0.15, 0.2) is 24.3 Å². The van der Waals surface area contributed by atoms with E-state index in [0.29, 0.717) is 24.5 Å². The predicted octanol–water partition coefficient (Wildman–Crippen LogP) is 2.97. The Hall–Kier alpha value is -2.08. The van der Waals surface area contributed by atoms with E-state index in [2.05, 4.69) is 22.9 Å². The second kappa shape index (κ2) is 10.6. The Morgan fingerprint density at radius 2 is 1.77 bits per heavy atom. The van der Waals surface area contributed by atoms with Gasteiger partial charge in [-0.3, -0.25) is 4.79 Å². The Bertz CT molecular complexity index is 477. The molecular weight excluding hydrogens is 282 g/mol. The average Bonchev–Trinajstić information content (AvgIpc) is 2.46. The Kier molecular flexibility index (Phi) is 8.67. The molecule has 0 saturated carbocycles. The van der Waals surface area contributed by atoms with Crippen molar-refractivity contribution in [3.8, 4) is 0 Å². The number of unbranched alkanes of at least 4 members (excludes halogenated alkanes) is 1. The van der Waals surface area contributed by atoms with Crippen molar-refractivity contribution in [2.75, 3.05) is 30.4 Å². The van der Waals surface area contributed by atoms with Crippen molar-refractivity contribution in [2.45, 2.75) is 33.1 Å². The highest BCUT2D eigenvalue weighted by atomic mass is 16.5. The SMILES string of the molecule is CCCCOCCCNC(=O)Nc1cccc(NC(C)=O)c1. The molecule has 0 aliphatic heterocycles. The molecule has 6 heteroatoms. The molecule has 0 fully saturated rings. The normalized spacial score (nSPS) is 10.1. The van der Waals surface area contributed by atoms with Crippen LogP contribution in [0.5, 0.6) is 0 Å². The third-order valence-electron chi connectivity index (χ3n) is 2.83. The van der Waals surface area contributed by atoms with Gasteiger partial charge in [0.2, 0.25) is 5.91 Å². The zero-order valence-corrected chi connectivity index (χ0v) is 13.3. The first-order valence-electron chi connectivity index (χ1n) is 7.62. The predicted molar refractivity (Wildman–Crippen MR) is 88.1 cm³/mol. The molecule has 1 rings (SSSR count). The third kappa shape index (κ3) is 8.26. The molecule has 122 valence electrons. The van der Waals surface area contributed by atoms with Crippen molar-refractivity contribution in [1.29, 1.82) is 0 Å². The number of amides is 3. The van der Waals surface area contributed by atoms with Gasteiger partial charge in [-0.15, -0.1) is 0 Å².